The Labute approximate surface area is 168 Å². The van der Waals surface area contributed by atoms with Gasteiger partial charge in [0.2, 0.25) is 0 Å². The summed E-state index contributed by atoms with van der Waals surface area (Å²) >= 11 is 0. The topological polar surface area (TPSA) is 72.5 Å². The van der Waals surface area contributed by atoms with Gasteiger partial charge in [0.1, 0.15) is 11.6 Å². The smallest absolute Gasteiger partial charge is 0.256 e. The largest absolute Gasteiger partial charge is 0.493 e. The van der Waals surface area contributed by atoms with E-state index in [1.165, 1.54) is 20.3 Å². The van der Waals surface area contributed by atoms with Crippen LogP contribution < -0.4 is 20.1 Å². The zero-order chi connectivity index (χ0) is 20.6. The van der Waals surface area contributed by atoms with Gasteiger partial charge in [0.05, 0.1) is 26.1 Å². The predicted octanol–water partition coefficient (Wildman–Crippen LogP) is 4.14. The lowest BCUT2D eigenvalue weighted by Gasteiger charge is -2.10. The molecule has 29 heavy (non-hydrogen) atoms. The Morgan fingerprint density at radius 1 is 1.03 bits per heavy atom. The lowest BCUT2D eigenvalue weighted by Crippen LogP contribution is -2.13. The van der Waals surface area contributed by atoms with Gasteiger partial charge in [0, 0.05) is 12.1 Å². The van der Waals surface area contributed by atoms with Crippen LogP contribution in [0.5, 0.6) is 11.5 Å². The Kier molecular flexibility index (Phi) is 6.63. The van der Waals surface area contributed by atoms with Gasteiger partial charge < -0.3 is 20.1 Å². The number of ether oxygens (including phenoxy) is 2. The SMILES string of the molecule is COc1ccc(C(=O)Nc2ccc(NCCc3ccccc3F)cn2)cc1OC. The summed E-state index contributed by atoms with van der Waals surface area (Å²) in [5.41, 5.74) is 1.87. The van der Waals surface area contributed by atoms with Crippen molar-refractivity contribution in [2.75, 3.05) is 31.4 Å². The van der Waals surface area contributed by atoms with E-state index in [0.29, 0.717) is 41.4 Å². The summed E-state index contributed by atoms with van der Waals surface area (Å²) in [6.45, 7) is 0.569. The third-order valence-electron chi connectivity index (χ3n) is 4.33. The van der Waals surface area contributed by atoms with E-state index in [2.05, 4.69) is 15.6 Å². The van der Waals surface area contributed by atoms with Gasteiger partial charge in [-0.1, -0.05) is 18.2 Å². The van der Waals surface area contributed by atoms with E-state index < -0.39 is 0 Å². The first-order chi connectivity index (χ1) is 14.1. The Morgan fingerprint density at radius 3 is 2.52 bits per heavy atom. The summed E-state index contributed by atoms with van der Waals surface area (Å²) in [6, 6.07) is 15.1. The summed E-state index contributed by atoms with van der Waals surface area (Å²) in [7, 11) is 3.05. The number of hydrogen-bond donors (Lipinski definition) is 2. The number of nitrogens with one attached hydrogen (secondary N) is 2. The number of benzene rings is 2. The Balaban J connectivity index is 1.56. The van der Waals surface area contributed by atoms with Gasteiger partial charge in [-0.05, 0) is 48.4 Å². The first-order valence-corrected chi connectivity index (χ1v) is 9.07. The highest BCUT2D eigenvalue weighted by Gasteiger charge is 2.11. The quantitative estimate of drug-likeness (QED) is 0.600. The molecule has 0 saturated heterocycles. The minimum Gasteiger partial charge on any atom is -0.493 e. The molecule has 1 aromatic heterocycles. The molecule has 7 heteroatoms. The maximum Gasteiger partial charge on any atom is 0.256 e. The highest BCUT2D eigenvalue weighted by Crippen LogP contribution is 2.27. The number of anilines is 2. The zero-order valence-electron chi connectivity index (χ0n) is 16.2. The van der Waals surface area contributed by atoms with Crippen LogP contribution in [-0.2, 0) is 6.42 Å². The van der Waals surface area contributed by atoms with Crippen molar-refractivity contribution >= 4 is 17.4 Å². The number of amides is 1. The van der Waals surface area contributed by atoms with Crippen molar-refractivity contribution in [2.45, 2.75) is 6.42 Å². The molecule has 6 nitrogen and oxygen atoms in total. The van der Waals surface area contributed by atoms with Crippen molar-refractivity contribution < 1.29 is 18.7 Å². The normalized spacial score (nSPS) is 10.3. The van der Waals surface area contributed by atoms with Gasteiger partial charge in [0.15, 0.2) is 11.5 Å². The van der Waals surface area contributed by atoms with Crippen LogP contribution in [-0.4, -0.2) is 31.7 Å². The third kappa shape index (κ3) is 5.22. The predicted molar refractivity (Wildman–Crippen MR) is 110 cm³/mol. The van der Waals surface area contributed by atoms with Crippen molar-refractivity contribution in [2.24, 2.45) is 0 Å². The molecule has 0 aliphatic rings. The number of halogens is 1. The molecular formula is C22H22FN3O3. The van der Waals surface area contributed by atoms with Gasteiger partial charge in [-0.2, -0.15) is 0 Å². The molecule has 2 N–H and O–H groups in total. The fourth-order valence-corrected chi connectivity index (χ4v) is 2.78. The second-order valence-electron chi connectivity index (χ2n) is 6.22. The average Bonchev–Trinajstić information content (AvgIpc) is 2.75. The van der Waals surface area contributed by atoms with E-state index >= 15 is 0 Å². The first kappa shape index (κ1) is 20.1. The van der Waals surface area contributed by atoms with Crippen LogP contribution in [0.4, 0.5) is 15.9 Å². The number of pyridine rings is 1. The van der Waals surface area contributed by atoms with Crippen molar-refractivity contribution in [1.82, 2.24) is 4.98 Å². The zero-order valence-corrected chi connectivity index (χ0v) is 16.2. The Bertz CT molecular complexity index is 977. The summed E-state index contributed by atoms with van der Waals surface area (Å²) < 4.78 is 24.0. The Hall–Kier alpha value is -3.61. The van der Waals surface area contributed by atoms with Gasteiger partial charge >= 0.3 is 0 Å². The second-order valence-corrected chi connectivity index (χ2v) is 6.22. The van der Waals surface area contributed by atoms with E-state index in [4.69, 9.17) is 9.47 Å². The minimum absolute atomic E-state index is 0.208. The average molecular weight is 395 g/mol. The van der Waals surface area contributed by atoms with E-state index in [1.54, 1.807) is 48.7 Å². The van der Waals surface area contributed by atoms with Gasteiger partial charge in [-0.15, -0.1) is 0 Å². The number of carbonyl (C=O) groups excluding carboxylic acids is 1. The number of aromatic nitrogens is 1. The summed E-state index contributed by atoms with van der Waals surface area (Å²) in [6.07, 6.45) is 2.18. The number of rotatable bonds is 8. The molecule has 3 rings (SSSR count). The molecule has 0 saturated carbocycles. The third-order valence-corrected chi connectivity index (χ3v) is 4.33. The molecule has 0 bridgehead atoms. The summed E-state index contributed by atoms with van der Waals surface area (Å²) in [4.78, 5) is 16.7. The lowest BCUT2D eigenvalue weighted by molar-refractivity contribution is 0.102. The van der Waals surface area contributed by atoms with Crippen LogP contribution in [0.3, 0.4) is 0 Å². The monoisotopic (exact) mass is 395 g/mol. The van der Waals surface area contributed by atoms with E-state index in [0.717, 1.165) is 5.69 Å². The summed E-state index contributed by atoms with van der Waals surface area (Å²) in [5, 5.41) is 5.93. The molecule has 0 fully saturated rings. The highest BCUT2D eigenvalue weighted by atomic mass is 19.1. The number of hydrogen-bond acceptors (Lipinski definition) is 5. The number of carbonyl (C=O) groups is 1. The van der Waals surface area contributed by atoms with Crippen LogP contribution in [0.25, 0.3) is 0 Å². The van der Waals surface area contributed by atoms with Crippen LogP contribution >= 0.6 is 0 Å². The van der Waals surface area contributed by atoms with Crippen LogP contribution in [0.1, 0.15) is 15.9 Å². The van der Waals surface area contributed by atoms with E-state index in [9.17, 15) is 9.18 Å². The molecule has 3 aromatic rings. The van der Waals surface area contributed by atoms with E-state index in [1.807, 2.05) is 6.07 Å². The molecule has 0 atom stereocenters. The van der Waals surface area contributed by atoms with E-state index in [-0.39, 0.29) is 11.7 Å². The number of methoxy groups -OCH3 is 2. The highest BCUT2D eigenvalue weighted by molar-refractivity contribution is 6.04. The molecule has 0 unspecified atom stereocenters. The molecule has 0 spiro atoms. The fourth-order valence-electron chi connectivity index (χ4n) is 2.78. The molecule has 1 heterocycles. The fraction of sp³-hybridized carbons (Fsp3) is 0.182. The molecule has 2 aromatic carbocycles. The van der Waals surface area contributed by atoms with Crippen LogP contribution in [0.2, 0.25) is 0 Å². The van der Waals surface area contributed by atoms with Crippen LogP contribution in [0.15, 0.2) is 60.8 Å². The molecule has 1 amide bonds. The molecule has 0 aliphatic carbocycles. The van der Waals surface area contributed by atoms with Crippen molar-refractivity contribution in [3.8, 4) is 11.5 Å². The number of nitrogens with zero attached hydrogens (tertiary/aromatic N) is 1. The van der Waals surface area contributed by atoms with Gasteiger partial charge in [-0.3, -0.25) is 4.79 Å². The van der Waals surface area contributed by atoms with Gasteiger partial charge in [-0.25, -0.2) is 9.37 Å². The van der Waals surface area contributed by atoms with Crippen molar-refractivity contribution in [3.05, 3.63) is 77.7 Å². The second kappa shape index (κ2) is 9.54. The maximum atomic E-state index is 13.6. The van der Waals surface area contributed by atoms with Crippen LogP contribution in [0, 0.1) is 5.82 Å². The first-order valence-electron chi connectivity index (χ1n) is 9.07. The molecule has 0 radical (unpaired) electrons. The maximum absolute atomic E-state index is 13.6. The minimum atomic E-state index is -0.307. The summed E-state index contributed by atoms with van der Waals surface area (Å²) in [5.74, 6) is 0.930. The molecular weight excluding hydrogens is 373 g/mol. The lowest BCUT2D eigenvalue weighted by atomic mass is 10.1. The van der Waals surface area contributed by atoms with Gasteiger partial charge in [0.25, 0.3) is 5.91 Å². The standard InChI is InChI=1S/C22H22FN3O3/c1-28-19-9-7-16(13-20(19)29-2)22(27)26-21-10-8-17(14-25-21)24-12-11-15-5-3-4-6-18(15)23/h3-10,13-14,24H,11-12H2,1-2H3,(H,25,26,27). The van der Waals surface area contributed by atoms with Crippen molar-refractivity contribution in [1.29, 1.82) is 0 Å². The Morgan fingerprint density at radius 2 is 1.83 bits per heavy atom. The molecule has 0 aliphatic heterocycles. The molecule has 150 valence electrons. The van der Waals surface area contributed by atoms with Crippen molar-refractivity contribution in [3.63, 3.8) is 0 Å².